The summed E-state index contributed by atoms with van der Waals surface area (Å²) in [6.07, 6.45) is 0.871. The predicted octanol–water partition coefficient (Wildman–Crippen LogP) is 2.92. The third kappa shape index (κ3) is 2.34. The van der Waals surface area contributed by atoms with Crippen LogP contribution in [-0.4, -0.2) is 12.9 Å². The number of carbonyl (C=O) groups is 1. The van der Waals surface area contributed by atoms with Crippen molar-refractivity contribution in [2.45, 2.75) is 20.3 Å². The van der Waals surface area contributed by atoms with Crippen molar-refractivity contribution in [3.05, 3.63) is 29.8 Å². The Morgan fingerprint density at radius 2 is 2.21 bits per heavy atom. The van der Waals surface area contributed by atoms with E-state index in [2.05, 4.69) is 0 Å². The molecular weight excluding hydrogens is 176 g/mol. The Hall–Kier alpha value is -1.31. The molecule has 0 aromatic heterocycles. The van der Waals surface area contributed by atoms with Crippen molar-refractivity contribution in [2.24, 2.45) is 5.92 Å². The molecule has 76 valence electrons. The van der Waals surface area contributed by atoms with Crippen LogP contribution in [0.5, 0.6) is 5.75 Å². The van der Waals surface area contributed by atoms with Gasteiger partial charge in [0, 0.05) is 11.5 Å². The van der Waals surface area contributed by atoms with Gasteiger partial charge in [-0.3, -0.25) is 4.79 Å². The molecule has 0 spiro atoms. The van der Waals surface area contributed by atoms with Gasteiger partial charge < -0.3 is 4.74 Å². The number of hydrogen-bond acceptors (Lipinski definition) is 2. The molecule has 0 N–H and O–H groups in total. The lowest BCUT2D eigenvalue weighted by Crippen LogP contribution is -2.09. The van der Waals surface area contributed by atoms with Crippen molar-refractivity contribution in [1.29, 1.82) is 0 Å². The molecule has 1 unspecified atom stereocenters. The Morgan fingerprint density at radius 1 is 1.50 bits per heavy atom. The summed E-state index contributed by atoms with van der Waals surface area (Å²) in [6, 6.07) is 7.30. The van der Waals surface area contributed by atoms with Gasteiger partial charge in [-0.1, -0.05) is 26.0 Å². The van der Waals surface area contributed by atoms with Crippen LogP contribution < -0.4 is 4.74 Å². The van der Waals surface area contributed by atoms with Crippen LogP contribution in [0.4, 0.5) is 0 Å². The second kappa shape index (κ2) is 4.80. The highest BCUT2D eigenvalue weighted by molar-refractivity contribution is 5.97. The number of rotatable bonds is 4. The van der Waals surface area contributed by atoms with Crippen LogP contribution in [0.25, 0.3) is 0 Å². The van der Waals surface area contributed by atoms with E-state index in [-0.39, 0.29) is 11.7 Å². The van der Waals surface area contributed by atoms with Crippen molar-refractivity contribution < 1.29 is 9.53 Å². The smallest absolute Gasteiger partial charge is 0.165 e. The van der Waals surface area contributed by atoms with Crippen LogP contribution in [0.15, 0.2) is 24.3 Å². The molecule has 0 amide bonds. The first-order valence-corrected chi connectivity index (χ1v) is 4.87. The highest BCUT2D eigenvalue weighted by Gasteiger charge is 2.13. The molecule has 1 rings (SSSR count). The second-order valence-electron chi connectivity index (χ2n) is 3.41. The van der Waals surface area contributed by atoms with E-state index < -0.39 is 0 Å². The van der Waals surface area contributed by atoms with Gasteiger partial charge >= 0.3 is 0 Å². The van der Waals surface area contributed by atoms with Crippen molar-refractivity contribution in [3.63, 3.8) is 0 Å². The van der Waals surface area contributed by atoms with E-state index in [1.165, 1.54) is 0 Å². The Morgan fingerprint density at radius 3 is 2.79 bits per heavy atom. The Balaban J connectivity index is 2.90. The van der Waals surface area contributed by atoms with Gasteiger partial charge in [-0.25, -0.2) is 0 Å². The summed E-state index contributed by atoms with van der Waals surface area (Å²) >= 11 is 0. The first-order chi connectivity index (χ1) is 6.69. The third-order valence-electron chi connectivity index (χ3n) is 2.41. The van der Waals surface area contributed by atoms with Gasteiger partial charge in [-0.05, 0) is 18.6 Å². The minimum atomic E-state index is 0.0853. The maximum Gasteiger partial charge on any atom is 0.165 e. The molecule has 1 aromatic carbocycles. The zero-order chi connectivity index (χ0) is 10.6. The topological polar surface area (TPSA) is 26.3 Å². The molecule has 2 heteroatoms. The first-order valence-electron chi connectivity index (χ1n) is 4.87. The Kier molecular flexibility index (Phi) is 3.69. The van der Waals surface area contributed by atoms with Gasteiger partial charge in [-0.2, -0.15) is 0 Å². The summed E-state index contributed by atoms with van der Waals surface area (Å²) in [5, 5.41) is 0. The second-order valence-corrected chi connectivity index (χ2v) is 3.41. The number of ketones is 1. The third-order valence-corrected chi connectivity index (χ3v) is 2.41. The van der Waals surface area contributed by atoms with E-state index in [1.54, 1.807) is 13.2 Å². The molecule has 2 nitrogen and oxygen atoms in total. The molecule has 0 aliphatic carbocycles. The summed E-state index contributed by atoms with van der Waals surface area (Å²) in [7, 11) is 1.60. The van der Waals surface area contributed by atoms with E-state index in [4.69, 9.17) is 4.74 Å². The van der Waals surface area contributed by atoms with E-state index in [1.807, 2.05) is 32.0 Å². The molecule has 0 aliphatic rings. The minimum absolute atomic E-state index is 0.0853. The fourth-order valence-corrected chi connectivity index (χ4v) is 1.25. The highest BCUT2D eigenvalue weighted by Crippen LogP contribution is 2.17. The number of methoxy groups -OCH3 is 1. The molecule has 14 heavy (non-hydrogen) atoms. The predicted molar refractivity (Wildman–Crippen MR) is 56.8 cm³/mol. The largest absolute Gasteiger partial charge is 0.497 e. The van der Waals surface area contributed by atoms with Gasteiger partial charge in [0.1, 0.15) is 5.75 Å². The Labute approximate surface area is 84.9 Å². The SMILES string of the molecule is CCC(C)C(=O)c1cccc(OC)c1. The van der Waals surface area contributed by atoms with Crippen LogP contribution in [0.2, 0.25) is 0 Å². The van der Waals surface area contributed by atoms with E-state index in [0.717, 1.165) is 17.7 Å². The van der Waals surface area contributed by atoms with E-state index in [9.17, 15) is 4.79 Å². The van der Waals surface area contributed by atoms with Crippen LogP contribution in [-0.2, 0) is 0 Å². The van der Waals surface area contributed by atoms with Crippen molar-refractivity contribution >= 4 is 5.78 Å². The summed E-state index contributed by atoms with van der Waals surface area (Å²) in [4.78, 5) is 11.8. The van der Waals surface area contributed by atoms with Crippen molar-refractivity contribution in [1.82, 2.24) is 0 Å². The summed E-state index contributed by atoms with van der Waals surface area (Å²) < 4.78 is 5.07. The molecular formula is C12H16O2. The molecule has 0 bridgehead atoms. The molecule has 0 radical (unpaired) electrons. The van der Waals surface area contributed by atoms with Crippen LogP contribution in [0, 0.1) is 5.92 Å². The summed E-state index contributed by atoms with van der Waals surface area (Å²) in [5.41, 5.74) is 0.735. The van der Waals surface area contributed by atoms with E-state index >= 15 is 0 Å². The molecule has 0 fully saturated rings. The summed E-state index contributed by atoms with van der Waals surface area (Å²) in [5.74, 6) is 1.01. The number of Topliss-reactive ketones (excluding diaryl/α,β-unsaturated/α-hetero) is 1. The molecule has 0 saturated carbocycles. The van der Waals surface area contributed by atoms with Crippen LogP contribution >= 0.6 is 0 Å². The lowest BCUT2D eigenvalue weighted by molar-refractivity contribution is 0.0927. The number of ether oxygens (including phenoxy) is 1. The average Bonchev–Trinajstić information content (AvgIpc) is 2.27. The molecule has 0 saturated heterocycles. The van der Waals surface area contributed by atoms with Gasteiger partial charge in [0.25, 0.3) is 0 Å². The fraction of sp³-hybridized carbons (Fsp3) is 0.417. The molecule has 0 heterocycles. The summed E-state index contributed by atoms with van der Waals surface area (Å²) in [6.45, 7) is 3.96. The molecule has 1 aromatic rings. The highest BCUT2D eigenvalue weighted by atomic mass is 16.5. The molecule has 0 aliphatic heterocycles. The maximum atomic E-state index is 11.8. The zero-order valence-electron chi connectivity index (χ0n) is 8.91. The van der Waals surface area contributed by atoms with Gasteiger partial charge in [0.15, 0.2) is 5.78 Å². The van der Waals surface area contributed by atoms with Crippen LogP contribution in [0.1, 0.15) is 30.6 Å². The average molecular weight is 192 g/mol. The monoisotopic (exact) mass is 192 g/mol. The quantitative estimate of drug-likeness (QED) is 0.685. The first kappa shape index (κ1) is 10.8. The van der Waals surface area contributed by atoms with Crippen molar-refractivity contribution in [3.8, 4) is 5.75 Å². The van der Waals surface area contributed by atoms with Gasteiger partial charge in [0.05, 0.1) is 7.11 Å². The number of hydrogen-bond donors (Lipinski definition) is 0. The number of carbonyl (C=O) groups excluding carboxylic acids is 1. The molecule has 1 atom stereocenters. The normalized spacial score (nSPS) is 12.2. The van der Waals surface area contributed by atoms with E-state index in [0.29, 0.717) is 0 Å². The van der Waals surface area contributed by atoms with Crippen LogP contribution in [0.3, 0.4) is 0 Å². The van der Waals surface area contributed by atoms with Gasteiger partial charge in [-0.15, -0.1) is 0 Å². The zero-order valence-corrected chi connectivity index (χ0v) is 8.91. The standard InChI is InChI=1S/C12H16O2/c1-4-9(2)12(13)10-6-5-7-11(8-10)14-3/h5-9H,4H2,1-3H3. The Bertz CT molecular complexity index is 318. The maximum absolute atomic E-state index is 11.8. The lowest BCUT2D eigenvalue weighted by atomic mass is 9.97. The van der Waals surface area contributed by atoms with Gasteiger partial charge in [0.2, 0.25) is 0 Å². The number of benzene rings is 1. The minimum Gasteiger partial charge on any atom is -0.497 e. The van der Waals surface area contributed by atoms with Crippen molar-refractivity contribution in [2.75, 3.05) is 7.11 Å². The lowest BCUT2D eigenvalue weighted by Gasteiger charge is -2.08. The fourth-order valence-electron chi connectivity index (χ4n) is 1.25.